The lowest BCUT2D eigenvalue weighted by molar-refractivity contribution is 0.466. The Kier molecular flexibility index (Phi) is 5.11. The van der Waals surface area contributed by atoms with Gasteiger partial charge in [0, 0.05) is 29.8 Å². The standard InChI is InChI=1S/C13H11Cl3N2O2S/c1-18(8-9-4-10(14)6-11(15)5-9)21(19,20)12-2-3-17-13(16)7-12/h2-7H,8H2,1H3. The molecule has 112 valence electrons. The molecule has 0 aliphatic carbocycles. The van der Waals surface area contributed by atoms with Crippen LogP contribution in [0.25, 0.3) is 0 Å². The first-order valence-corrected chi connectivity index (χ1v) is 8.39. The molecule has 0 unspecified atom stereocenters. The molecule has 1 aromatic heterocycles. The van der Waals surface area contributed by atoms with Crippen LogP contribution in [-0.4, -0.2) is 24.8 Å². The third kappa shape index (κ3) is 4.08. The van der Waals surface area contributed by atoms with Crippen LogP contribution >= 0.6 is 34.8 Å². The van der Waals surface area contributed by atoms with E-state index in [0.717, 1.165) is 0 Å². The lowest BCUT2D eigenvalue weighted by Crippen LogP contribution is -2.26. The lowest BCUT2D eigenvalue weighted by Gasteiger charge is -2.17. The summed E-state index contributed by atoms with van der Waals surface area (Å²) in [7, 11) is -2.19. The van der Waals surface area contributed by atoms with Crippen molar-refractivity contribution in [3.63, 3.8) is 0 Å². The van der Waals surface area contributed by atoms with E-state index in [-0.39, 0.29) is 16.6 Å². The minimum atomic E-state index is -3.66. The van der Waals surface area contributed by atoms with Gasteiger partial charge >= 0.3 is 0 Å². The average molecular weight is 366 g/mol. The third-order valence-electron chi connectivity index (χ3n) is 2.73. The molecule has 21 heavy (non-hydrogen) atoms. The third-order valence-corrected chi connectivity index (χ3v) is 5.18. The molecule has 0 aliphatic rings. The highest BCUT2D eigenvalue weighted by atomic mass is 35.5. The first kappa shape index (κ1) is 16.5. The Morgan fingerprint density at radius 1 is 1.10 bits per heavy atom. The molecule has 0 N–H and O–H groups in total. The molecule has 0 radical (unpaired) electrons. The Hall–Kier alpha value is -0.850. The van der Waals surface area contributed by atoms with E-state index in [9.17, 15) is 8.42 Å². The molecule has 0 amide bonds. The van der Waals surface area contributed by atoms with Gasteiger partial charge in [0.1, 0.15) is 5.15 Å². The number of sulfonamides is 1. The Balaban J connectivity index is 2.28. The monoisotopic (exact) mass is 364 g/mol. The van der Waals surface area contributed by atoms with E-state index in [4.69, 9.17) is 34.8 Å². The highest BCUT2D eigenvalue weighted by molar-refractivity contribution is 7.89. The molecule has 1 heterocycles. The van der Waals surface area contributed by atoms with E-state index >= 15 is 0 Å². The van der Waals surface area contributed by atoms with E-state index in [1.165, 1.54) is 29.7 Å². The van der Waals surface area contributed by atoms with Crippen LogP contribution in [0.4, 0.5) is 0 Å². The predicted octanol–water partition coefficient (Wildman–Crippen LogP) is 3.86. The van der Waals surface area contributed by atoms with Crippen LogP contribution in [0.15, 0.2) is 41.4 Å². The van der Waals surface area contributed by atoms with Crippen LogP contribution < -0.4 is 0 Å². The van der Waals surface area contributed by atoms with Crippen molar-refractivity contribution in [2.75, 3.05) is 7.05 Å². The van der Waals surface area contributed by atoms with E-state index < -0.39 is 10.0 Å². The van der Waals surface area contributed by atoms with Crippen molar-refractivity contribution < 1.29 is 8.42 Å². The number of benzene rings is 1. The van der Waals surface area contributed by atoms with Crippen molar-refractivity contribution in [2.45, 2.75) is 11.4 Å². The first-order chi connectivity index (χ1) is 9.79. The zero-order chi connectivity index (χ0) is 15.6. The van der Waals surface area contributed by atoms with Gasteiger partial charge in [-0.2, -0.15) is 4.31 Å². The van der Waals surface area contributed by atoms with Crippen LogP contribution in [0.1, 0.15) is 5.56 Å². The summed E-state index contributed by atoms with van der Waals surface area (Å²) in [6.07, 6.45) is 1.35. The smallest absolute Gasteiger partial charge is 0.243 e. The van der Waals surface area contributed by atoms with Crippen molar-refractivity contribution >= 4 is 44.8 Å². The van der Waals surface area contributed by atoms with Crippen LogP contribution in [0.5, 0.6) is 0 Å². The predicted molar refractivity (Wildman–Crippen MR) is 84.4 cm³/mol. The average Bonchev–Trinajstić information content (AvgIpc) is 2.37. The van der Waals surface area contributed by atoms with Gasteiger partial charge < -0.3 is 0 Å². The topological polar surface area (TPSA) is 50.3 Å². The fourth-order valence-corrected chi connectivity index (χ4v) is 3.75. The molecule has 4 nitrogen and oxygen atoms in total. The fourth-order valence-electron chi connectivity index (χ4n) is 1.77. The molecule has 0 saturated heterocycles. The number of hydrogen-bond acceptors (Lipinski definition) is 3. The maximum absolute atomic E-state index is 12.4. The second-order valence-corrected chi connectivity index (χ2v) is 7.66. The Labute approximate surface area is 138 Å². The minimum Gasteiger partial charge on any atom is -0.244 e. The number of hydrogen-bond donors (Lipinski definition) is 0. The second kappa shape index (κ2) is 6.50. The molecular formula is C13H11Cl3N2O2S. The number of nitrogens with zero attached hydrogens (tertiary/aromatic N) is 2. The largest absolute Gasteiger partial charge is 0.244 e. The molecule has 1 aromatic carbocycles. The van der Waals surface area contributed by atoms with Crippen molar-refractivity contribution in [3.8, 4) is 0 Å². The quantitative estimate of drug-likeness (QED) is 0.773. The molecular weight excluding hydrogens is 355 g/mol. The molecule has 0 bridgehead atoms. The zero-order valence-electron chi connectivity index (χ0n) is 10.9. The van der Waals surface area contributed by atoms with Crippen LogP contribution in [0.3, 0.4) is 0 Å². The Bertz CT molecular complexity index is 746. The van der Waals surface area contributed by atoms with E-state index in [2.05, 4.69) is 4.98 Å². The molecule has 2 aromatic rings. The van der Waals surface area contributed by atoms with Gasteiger partial charge in [0.15, 0.2) is 0 Å². The van der Waals surface area contributed by atoms with Crippen molar-refractivity contribution in [1.82, 2.24) is 9.29 Å². The maximum Gasteiger partial charge on any atom is 0.243 e. The fraction of sp³-hybridized carbons (Fsp3) is 0.154. The van der Waals surface area contributed by atoms with Crippen LogP contribution in [0.2, 0.25) is 15.2 Å². The summed E-state index contributed by atoms with van der Waals surface area (Å²) < 4.78 is 26.1. The highest BCUT2D eigenvalue weighted by Gasteiger charge is 2.21. The van der Waals surface area contributed by atoms with Gasteiger partial charge in [-0.25, -0.2) is 13.4 Å². The lowest BCUT2D eigenvalue weighted by atomic mass is 10.2. The molecule has 0 saturated carbocycles. The molecule has 0 atom stereocenters. The molecule has 8 heteroatoms. The van der Waals surface area contributed by atoms with Gasteiger partial charge in [0.2, 0.25) is 10.0 Å². The summed E-state index contributed by atoms with van der Waals surface area (Å²) >= 11 is 17.5. The summed E-state index contributed by atoms with van der Waals surface area (Å²) in [5.41, 5.74) is 0.693. The molecule has 0 fully saturated rings. The van der Waals surface area contributed by atoms with E-state index in [1.54, 1.807) is 18.2 Å². The summed E-state index contributed by atoms with van der Waals surface area (Å²) in [6.45, 7) is 0.141. The molecule has 0 aliphatic heterocycles. The molecule has 2 rings (SSSR count). The Morgan fingerprint density at radius 3 is 2.29 bits per heavy atom. The van der Waals surface area contributed by atoms with Gasteiger partial charge in [-0.3, -0.25) is 0 Å². The minimum absolute atomic E-state index is 0.0816. The van der Waals surface area contributed by atoms with Crippen LogP contribution in [0, 0.1) is 0 Å². The SMILES string of the molecule is CN(Cc1cc(Cl)cc(Cl)c1)S(=O)(=O)c1ccnc(Cl)c1. The number of rotatable bonds is 4. The van der Waals surface area contributed by atoms with E-state index in [0.29, 0.717) is 15.6 Å². The Morgan fingerprint density at radius 2 is 1.71 bits per heavy atom. The van der Waals surface area contributed by atoms with Gasteiger partial charge in [0.05, 0.1) is 4.90 Å². The first-order valence-electron chi connectivity index (χ1n) is 5.82. The van der Waals surface area contributed by atoms with E-state index in [1.807, 2.05) is 0 Å². The maximum atomic E-state index is 12.4. The summed E-state index contributed by atoms with van der Waals surface area (Å²) in [4.78, 5) is 3.85. The number of aromatic nitrogens is 1. The van der Waals surface area contributed by atoms with Gasteiger partial charge in [-0.1, -0.05) is 34.8 Å². The molecule has 0 spiro atoms. The second-order valence-electron chi connectivity index (χ2n) is 4.35. The van der Waals surface area contributed by atoms with Gasteiger partial charge in [-0.15, -0.1) is 0 Å². The van der Waals surface area contributed by atoms with Crippen molar-refractivity contribution in [2.24, 2.45) is 0 Å². The summed E-state index contributed by atoms with van der Waals surface area (Å²) in [6, 6.07) is 7.61. The highest BCUT2D eigenvalue weighted by Crippen LogP contribution is 2.23. The summed E-state index contributed by atoms with van der Waals surface area (Å²) in [5.74, 6) is 0. The van der Waals surface area contributed by atoms with Crippen molar-refractivity contribution in [3.05, 3.63) is 57.3 Å². The zero-order valence-corrected chi connectivity index (χ0v) is 14.0. The number of pyridine rings is 1. The summed E-state index contributed by atoms with van der Waals surface area (Å²) in [5, 5.41) is 1.03. The number of halogens is 3. The van der Waals surface area contributed by atoms with Crippen molar-refractivity contribution in [1.29, 1.82) is 0 Å². The van der Waals surface area contributed by atoms with Crippen LogP contribution in [-0.2, 0) is 16.6 Å². The van der Waals surface area contributed by atoms with Gasteiger partial charge in [0.25, 0.3) is 0 Å². The van der Waals surface area contributed by atoms with Gasteiger partial charge in [-0.05, 0) is 35.9 Å². The normalized spacial score (nSPS) is 11.9.